The van der Waals surface area contributed by atoms with Crippen molar-refractivity contribution in [2.24, 2.45) is 5.92 Å². The van der Waals surface area contributed by atoms with E-state index in [1.165, 1.54) is 25.9 Å². The lowest BCUT2D eigenvalue weighted by Crippen LogP contribution is -2.40. The van der Waals surface area contributed by atoms with Gasteiger partial charge in [-0.3, -0.25) is 0 Å². The van der Waals surface area contributed by atoms with E-state index in [1.54, 1.807) is 0 Å². The predicted molar refractivity (Wildman–Crippen MR) is 55.8 cm³/mol. The third-order valence-electron chi connectivity index (χ3n) is 3.09. The maximum absolute atomic E-state index is 8.75. The maximum atomic E-state index is 8.75. The molecule has 1 heterocycles. The number of hydrogen-bond donors (Lipinski definition) is 1. The number of piperidine rings is 1. The zero-order chi connectivity index (χ0) is 9.68. The molecule has 2 nitrogen and oxygen atoms in total. The van der Waals surface area contributed by atoms with Gasteiger partial charge in [0.2, 0.25) is 0 Å². The Bertz CT molecular complexity index is 138. The first-order chi connectivity index (χ1) is 6.24. The molecule has 1 fully saturated rings. The number of aliphatic hydroxyl groups excluding tert-OH is 1. The summed E-state index contributed by atoms with van der Waals surface area (Å²) in [6.45, 7) is 7.48. The quantitative estimate of drug-likeness (QED) is 0.723. The van der Waals surface area contributed by atoms with Crippen LogP contribution < -0.4 is 0 Å². The molecule has 1 aliphatic rings. The van der Waals surface area contributed by atoms with E-state index in [1.807, 2.05) is 0 Å². The Kier molecular flexibility index (Phi) is 4.74. The highest BCUT2D eigenvalue weighted by Crippen LogP contribution is 2.19. The fraction of sp³-hybridized carbons (Fsp3) is 1.00. The van der Waals surface area contributed by atoms with Gasteiger partial charge in [0.25, 0.3) is 0 Å². The van der Waals surface area contributed by atoms with Crippen molar-refractivity contribution in [3.8, 4) is 0 Å². The van der Waals surface area contributed by atoms with Crippen LogP contribution in [-0.4, -0.2) is 35.7 Å². The summed E-state index contributed by atoms with van der Waals surface area (Å²) in [5.41, 5.74) is 0. The second-order valence-corrected chi connectivity index (χ2v) is 4.46. The highest BCUT2D eigenvalue weighted by atomic mass is 16.2. The first-order valence-corrected chi connectivity index (χ1v) is 5.59. The van der Waals surface area contributed by atoms with E-state index >= 15 is 0 Å². The fourth-order valence-corrected chi connectivity index (χ4v) is 2.20. The molecule has 2 atom stereocenters. The van der Waals surface area contributed by atoms with Crippen LogP contribution in [0.15, 0.2) is 0 Å². The van der Waals surface area contributed by atoms with Gasteiger partial charge in [0, 0.05) is 19.2 Å². The van der Waals surface area contributed by atoms with Crippen LogP contribution in [0.1, 0.15) is 39.5 Å². The van der Waals surface area contributed by atoms with E-state index in [0.29, 0.717) is 12.6 Å². The summed E-state index contributed by atoms with van der Waals surface area (Å²) in [4.78, 5) is 2.57. The topological polar surface area (TPSA) is 23.5 Å². The van der Waals surface area contributed by atoms with Gasteiger partial charge in [-0.2, -0.15) is 0 Å². The molecule has 0 bridgehead atoms. The van der Waals surface area contributed by atoms with Gasteiger partial charge in [0.15, 0.2) is 0 Å². The summed E-state index contributed by atoms with van der Waals surface area (Å²) in [5.74, 6) is 0.866. The number of rotatable bonds is 4. The van der Waals surface area contributed by atoms with Crippen LogP contribution in [0.25, 0.3) is 0 Å². The summed E-state index contributed by atoms with van der Waals surface area (Å²) in [6.07, 6.45) is 4.84. The fourth-order valence-electron chi connectivity index (χ4n) is 2.20. The second kappa shape index (κ2) is 5.61. The van der Waals surface area contributed by atoms with E-state index in [4.69, 9.17) is 5.11 Å². The zero-order valence-electron chi connectivity index (χ0n) is 9.00. The lowest BCUT2D eigenvalue weighted by molar-refractivity contribution is 0.126. The number of likely N-dealkylation sites (tertiary alicyclic amines) is 1. The minimum Gasteiger partial charge on any atom is -0.396 e. The molecule has 1 saturated heterocycles. The van der Waals surface area contributed by atoms with E-state index in [2.05, 4.69) is 18.7 Å². The van der Waals surface area contributed by atoms with E-state index < -0.39 is 0 Å². The number of nitrogens with zero attached hydrogens (tertiary/aromatic N) is 1. The van der Waals surface area contributed by atoms with Crippen molar-refractivity contribution in [3.05, 3.63) is 0 Å². The van der Waals surface area contributed by atoms with E-state index in [-0.39, 0.29) is 0 Å². The van der Waals surface area contributed by atoms with Gasteiger partial charge < -0.3 is 10.0 Å². The Morgan fingerprint density at radius 1 is 1.54 bits per heavy atom. The molecule has 1 rings (SSSR count). The standard InChI is InChI=1S/C11H23NO/c1-10-5-3-7-12(9-10)11(2)6-4-8-13/h10-11,13H,3-9H2,1-2H3/t10-,11-/m1/s1. The monoisotopic (exact) mass is 185 g/mol. The average molecular weight is 185 g/mol. The highest BCUT2D eigenvalue weighted by molar-refractivity contribution is 4.74. The Balaban J connectivity index is 2.24. The van der Waals surface area contributed by atoms with Gasteiger partial charge in [-0.1, -0.05) is 6.92 Å². The Morgan fingerprint density at radius 3 is 2.92 bits per heavy atom. The zero-order valence-corrected chi connectivity index (χ0v) is 9.00. The number of hydrogen-bond acceptors (Lipinski definition) is 2. The second-order valence-electron chi connectivity index (χ2n) is 4.46. The van der Waals surface area contributed by atoms with Crippen LogP contribution in [0.5, 0.6) is 0 Å². The molecule has 0 unspecified atom stereocenters. The number of aliphatic hydroxyl groups is 1. The van der Waals surface area contributed by atoms with E-state index in [0.717, 1.165) is 18.8 Å². The van der Waals surface area contributed by atoms with Crippen molar-refractivity contribution in [2.75, 3.05) is 19.7 Å². The molecule has 2 heteroatoms. The predicted octanol–water partition coefficient (Wildman–Crippen LogP) is 1.88. The minimum absolute atomic E-state index is 0.341. The van der Waals surface area contributed by atoms with Crippen molar-refractivity contribution in [1.29, 1.82) is 0 Å². The maximum Gasteiger partial charge on any atom is 0.0431 e. The summed E-state index contributed by atoms with van der Waals surface area (Å²) in [5, 5.41) is 8.75. The first-order valence-electron chi connectivity index (χ1n) is 5.59. The lowest BCUT2D eigenvalue weighted by atomic mass is 9.98. The van der Waals surface area contributed by atoms with Crippen molar-refractivity contribution < 1.29 is 5.11 Å². The van der Waals surface area contributed by atoms with Crippen LogP contribution in [0.3, 0.4) is 0 Å². The molecular weight excluding hydrogens is 162 g/mol. The third-order valence-corrected chi connectivity index (χ3v) is 3.09. The van der Waals surface area contributed by atoms with Gasteiger partial charge in [0.05, 0.1) is 0 Å². The Labute approximate surface area is 81.9 Å². The van der Waals surface area contributed by atoms with Crippen LogP contribution in [0.4, 0.5) is 0 Å². The average Bonchev–Trinajstić information content (AvgIpc) is 2.14. The van der Waals surface area contributed by atoms with Crippen LogP contribution in [0, 0.1) is 5.92 Å². The molecule has 0 amide bonds. The van der Waals surface area contributed by atoms with Crippen LogP contribution >= 0.6 is 0 Å². The molecular formula is C11H23NO. The largest absolute Gasteiger partial charge is 0.396 e. The Morgan fingerprint density at radius 2 is 2.31 bits per heavy atom. The van der Waals surface area contributed by atoms with E-state index in [9.17, 15) is 0 Å². The molecule has 1 aliphatic heterocycles. The molecule has 13 heavy (non-hydrogen) atoms. The Hall–Kier alpha value is -0.0800. The van der Waals surface area contributed by atoms with Crippen molar-refractivity contribution >= 4 is 0 Å². The van der Waals surface area contributed by atoms with Crippen LogP contribution in [0.2, 0.25) is 0 Å². The lowest BCUT2D eigenvalue weighted by Gasteiger charge is -2.35. The van der Waals surface area contributed by atoms with Gasteiger partial charge in [-0.25, -0.2) is 0 Å². The summed E-state index contributed by atoms with van der Waals surface area (Å²) < 4.78 is 0. The summed E-state index contributed by atoms with van der Waals surface area (Å²) in [7, 11) is 0. The van der Waals surface area contributed by atoms with Crippen molar-refractivity contribution in [3.63, 3.8) is 0 Å². The molecule has 0 saturated carbocycles. The molecule has 0 aliphatic carbocycles. The molecule has 78 valence electrons. The van der Waals surface area contributed by atoms with Crippen LogP contribution in [-0.2, 0) is 0 Å². The smallest absolute Gasteiger partial charge is 0.0431 e. The first kappa shape index (κ1) is 11.0. The SMILES string of the molecule is C[C@@H]1CCCN([C@H](C)CCCO)C1. The summed E-state index contributed by atoms with van der Waals surface area (Å²) >= 11 is 0. The van der Waals surface area contributed by atoms with Gasteiger partial charge in [-0.05, 0) is 45.1 Å². The van der Waals surface area contributed by atoms with Gasteiger partial charge in [-0.15, -0.1) is 0 Å². The minimum atomic E-state index is 0.341. The van der Waals surface area contributed by atoms with Gasteiger partial charge >= 0.3 is 0 Å². The van der Waals surface area contributed by atoms with Gasteiger partial charge in [0.1, 0.15) is 0 Å². The molecule has 0 aromatic rings. The third kappa shape index (κ3) is 3.65. The highest BCUT2D eigenvalue weighted by Gasteiger charge is 2.20. The molecule has 0 aromatic heterocycles. The molecule has 0 radical (unpaired) electrons. The molecule has 0 aromatic carbocycles. The van der Waals surface area contributed by atoms with Crippen molar-refractivity contribution in [1.82, 2.24) is 4.90 Å². The molecule has 1 N–H and O–H groups in total. The van der Waals surface area contributed by atoms with Crippen molar-refractivity contribution in [2.45, 2.75) is 45.6 Å². The normalized spacial score (nSPS) is 27.5. The summed E-state index contributed by atoms with van der Waals surface area (Å²) in [6, 6.07) is 0.662. The molecule has 0 spiro atoms.